The normalized spacial score (nSPS) is 11.1. The van der Waals surface area contributed by atoms with Crippen LogP contribution in [0.4, 0.5) is 0 Å². The summed E-state index contributed by atoms with van der Waals surface area (Å²) in [5, 5.41) is 0. The predicted molar refractivity (Wildman–Crippen MR) is 56.0 cm³/mol. The monoisotopic (exact) mass is 208 g/mol. The first-order valence-electron chi connectivity index (χ1n) is 4.83. The van der Waals surface area contributed by atoms with Crippen LogP contribution in [-0.4, -0.2) is 19.5 Å². The van der Waals surface area contributed by atoms with E-state index in [1.54, 1.807) is 6.92 Å². The minimum Gasteiger partial charge on any atom is -0.336 e. The molecule has 2 N–H and O–H groups in total. The number of aromatic nitrogens is 4. The average Bonchev–Trinajstić information content (AvgIpc) is 2.53. The van der Waals surface area contributed by atoms with Crippen molar-refractivity contribution in [2.45, 2.75) is 26.8 Å². The molecule has 0 fully saturated rings. The predicted octanol–water partition coefficient (Wildman–Crippen LogP) is 0.131. The van der Waals surface area contributed by atoms with Gasteiger partial charge in [0.25, 0.3) is 5.56 Å². The highest BCUT2D eigenvalue weighted by Crippen LogP contribution is 2.00. The van der Waals surface area contributed by atoms with Gasteiger partial charge in [-0.15, -0.1) is 0 Å². The third-order valence-corrected chi connectivity index (χ3v) is 2.20. The number of imidazole rings is 1. The van der Waals surface area contributed by atoms with E-state index in [-0.39, 0.29) is 5.56 Å². The topological polar surface area (TPSA) is 83.5 Å². The molecular weight excluding hydrogens is 196 g/mol. The second-order valence-corrected chi connectivity index (χ2v) is 3.43. The van der Waals surface area contributed by atoms with Crippen LogP contribution in [0, 0.1) is 6.92 Å². The summed E-state index contributed by atoms with van der Waals surface area (Å²) in [7, 11) is 0. The van der Waals surface area contributed by atoms with Gasteiger partial charge in [-0.05, 0) is 13.3 Å². The summed E-state index contributed by atoms with van der Waals surface area (Å²) in [4.78, 5) is 32.8. The number of nitrogens with one attached hydrogen (secondary N) is 2. The summed E-state index contributed by atoms with van der Waals surface area (Å²) in [6.07, 6.45) is 0.738. The van der Waals surface area contributed by atoms with Crippen LogP contribution in [0.15, 0.2) is 9.59 Å². The Bertz CT molecular complexity index is 605. The average molecular weight is 208 g/mol. The quantitative estimate of drug-likeness (QED) is 0.735. The van der Waals surface area contributed by atoms with Crippen molar-refractivity contribution in [3.63, 3.8) is 0 Å². The van der Waals surface area contributed by atoms with Crippen molar-refractivity contribution in [2.75, 3.05) is 0 Å². The first-order chi connectivity index (χ1) is 7.13. The van der Waals surface area contributed by atoms with E-state index in [1.807, 2.05) is 6.92 Å². The number of fused-ring (bicyclic) bond motifs is 1. The van der Waals surface area contributed by atoms with E-state index in [1.165, 1.54) is 4.57 Å². The fourth-order valence-corrected chi connectivity index (χ4v) is 1.56. The van der Waals surface area contributed by atoms with Crippen LogP contribution >= 0.6 is 0 Å². The van der Waals surface area contributed by atoms with E-state index < -0.39 is 5.69 Å². The lowest BCUT2D eigenvalue weighted by atomic mass is 10.4. The minimum atomic E-state index is -0.402. The van der Waals surface area contributed by atoms with Crippen LogP contribution in [-0.2, 0) is 6.54 Å². The number of hydrogen-bond acceptors (Lipinski definition) is 3. The van der Waals surface area contributed by atoms with Crippen molar-refractivity contribution in [1.82, 2.24) is 19.5 Å². The number of nitrogens with zero attached hydrogens (tertiary/aromatic N) is 2. The maximum absolute atomic E-state index is 11.8. The molecule has 0 saturated carbocycles. The fourth-order valence-electron chi connectivity index (χ4n) is 1.56. The summed E-state index contributed by atoms with van der Waals surface area (Å²) < 4.78 is 1.18. The Kier molecular flexibility index (Phi) is 2.18. The molecule has 2 aromatic rings. The van der Waals surface area contributed by atoms with Crippen molar-refractivity contribution in [1.29, 1.82) is 0 Å². The molecule has 0 aliphatic rings. The van der Waals surface area contributed by atoms with Crippen molar-refractivity contribution in [2.24, 2.45) is 0 Å². The van der Waals surface area contributed by atoms with Gasteiger partial charge in [0.05, 0.1) is 0 Å². The molecule has 0 spiro atoms. The summed E-state index contributed by atoms with van der Waals surface area (Å²) in [6.45, 7) is 4.07. The summed E-state index contributed by atoms with van der Waals surface area (Å²) in [6, 6.07) is 0. The van der Waals surface area contributed by atoms with E-state index >= 15 is 0 Å². The zero-order valence-electron chi connectivity index (χ0n) is 8.63. The lowest BCUT2D eigenvalue weighted by molar-refractivity contribution is 0.622. The highest BCUT2D eigenvalue weighted by Gasteiger charge is 2.09. The van der Waals surface area contributed by atoms with Crippen molar-refractivity contribution >= 4 is 11.2 Å². The molecule has 0 bridgehead atoms. The maximum atomic E-state index is 11.8. The van der Waals surface area contributed by atoms with Gasteiger partial charge in [0.2, 0.25) is 0 Å². The Hall–Kier alpha value is -1.85. The van der Waals surface area contributed by atoms with E-state index in [0.29, 0.717) is 23.5 Å². The van der Waals surface area contributed by atoms with Gasteiger partial charge in [-0.2, -0.15) is 0 Å². The molecule has 15 heavy (non-hydrogen) atoms. The molecule has 2 rings (SSSR count). The van der Waals surface area contributed by atoms with Gasteiger partial charge in [-0.25, -0.2) is 9.78 Å². The number of aromatic amines is 2. The molecule has 0 saturated heterocycles. The third kappa shape index (κ3) is 1.47. The first-order valence-corrected chi connectivity index (χ1v) is 4.83. The number of aryl methyl sites for hydroxylation is 1. The second kappa shape index (κ2) is 3.38. The van der Waals surface area contributed by atoms with Crippen LogP contribution in [0.25, 0.3) is 11.2 Å². The van der Waals surface area contributed by atoms with Crippen LogP contribution in [0.5, 0.6) is 0 Å². The van der Waals surface area contributed by atoms with Crippen molar-refractivity contribution in [3.05, 3.63) is 26.7 Å². The molecule has 0 atom stereocenters. The lowest BCUT2D eigenvalue weighted by Crippen LogP contribution is -2.34. The zero-order valence-corrected chi connectivity index (χ0v) is 8.63. The lowest BCUT2D eigenvalue weighted by Gasteiger charge is -2.00. The van der Waals surface area contributed by atoms with Gasteiger partial charge < -0.3 is 4.98 Å². The van der Waals surface area contributed by atoms with E-state index in [2.05, 4.69) is 15.0 Å². The Balaban J connectivity index is 2.83. The molecule has 6 nitrogen and oxygen atoms in total. The molecule has 80 valence electrons. The van der Waals surface area contributed by atoms with Gasteiger partial charge >= 0.3 is 5.69 Å². The zero-order chi connectivity index (χ0) is 11.0. The summed E-state index contributed by atoms with van der Waals surface area (Å²) in [5.41, 5.74) is -0.0209. The standard InChI is InChI=1S/C9H12N4O2/c1-3-4-13-8(14)6-7(12-9(13)15)11-5(2)10-6/h3-4H2,1-2H3,(H,10,11)(H,12,15). The molecule has 0 aliphatic heterocycles. The minimum absolute atomic E-state index is 0.309. The molecule has 0 radical (unpaired) electrons. The van der Waals surface area contributed by atoms with E-state index in [4.69, 9.17) is 0 Å². The molecular formula is C9H12N4O2. The van der Waals surface area contributed by atoms with Gasteiger partial charge in [-0.1, -0.05) is 6.92 Å². The van der Waals surface area contributed by atoms with Crippen molar-refractivity contribution < 1.29 is 0 Å². The SMILES string of the molecule is CCCn1c(=O)[nH]c2nc(C)[nH]c2c1=O. The molecule has 2 heterocycles. The van der Waals surface area contributed by atoms with Crippen LogP contribution in [0.3, 0.4) is 0 Å². The number of hydrogen-bond donors (Lipinski definition) is 2. The van der Waals surface area contributed by atoms with Crippen LogP contribution < -0.4 is 11.2 Å². The van der Waals surface area contributed by atoms with E-state index in [9.17, 15) is 9.59 Å². The Morgan fingerprint density at radius 1 is 1.33 bits per heavy atom. The number of rotatable bonds is 2. The third-order valence-electron chi connectivity index (χ3n) is 2.20. The van der Waals surface area contributed by atoms with Gasteiger partial charge in [0, 0.05) is 6.54 Å². The molecule has 6 heteroatoms. The number of H-pyrrole nitrogens is 2. The van der Waals surface area contributed by atoms with Gasteiger partial charge in [-0.3, -0.25) is 14.3 Å². The van der Waals surface area contributed by atoms with E-state index in [0.717, 1.165) is 6.42 Å². The first kappa shape index (κ1) is 9.70. The second-order valence-electron chi connectivity index (χ2n) is 3.43. The molecule has 2 aromatic heterocycles. The highest BCUT2D eigenvalue weighted by molar-refractivity contribution is 5.68. The molecule has 0 aromatic carbocycles. The highest BCUT2D eigenvalue weighted by atomic mass is 16.2. The molecule has 0 unspecified atom stereocenters. The maximum Gasteiger partial charge on any atom is 0.330 e. The van der Waals surface area contributed by atoms with Gasteiger partial charge in [0.15, 0.2) is 5.65 Å². The van der Waals surface area contributed by atoms with Crippen LogP contribution in [0.2, 0.25) is 0 Å². The fraction of sp³-hybridized carbons (Fsp3) is 0.444. The molecule has 0 aliphatic carbocycles. The summed E-state index contributed by atoms with van der Waals surface area (Å²) >= 11 is 0. The Labute approximate surface area is 85.0 Å². The Morgan fingerprint density at radius 2 is 2.07 bits per heavy atom. The van der Waals surface area contributed by atoms with Gasteiger partial charge in [0.1, 0.15) is 11.3 Å². The van der Waals surface area contributed by atoms with Crippen molar-refractivity contribution in [3.8, 4) is 0 Å². The largest absolute Gasteiger partial charge is 0.336 e. The molecule has 0 amide bonds. The smallest absolute Gasteiger partial charge is 0.330 e. The van der Waals surface area contributed by atoms with Crippen LogP contribution in [0.1, 0.15) is 19.2 Å². The summed E-state index contributed by atoms with van der Waals surface area (Å²) in [5.74, 6) is 0.618. The Morgan fingerprint density at radius 3 is 2.73 bits per heavy atom.